The predicted molar refractivity (Wildman–Crippen MR) is 405 cm³/mol. The molecule has 0 aliphatic carbocycles. The zero-order valence-electron chi connectivity index (χ0n) is 65.0. The van der Waals surface area contributed by atoms with Crippen molar-refractivity contribution in [3.63, 3.8) is 0 Å². The van der Waals surface area contributed by atoms with Crippen LogP contribution < -0.4 is 0 Å². The lowest BCUT2D eigenvalue weighted by Crippen LogP contribution is -2.30. The molecule has 99 heavy (non-hydrogen) atoms. The first-order valence-electron chi connectivity index (χ1n) is 41.4. The van der Waals surface area contributed by atoms with Gasteiger partial charge in [0.2, 0.25) is 0 Å². The molecule has 0 radical (unpaired) electrons. The van der Waals surface area contributed by atoms with Crippen LogP contribution in [0.25, 0.3) is 0 Å². The average Bonchev–Trinajstić information content (AvgIpc) is 1.57. The fourth-order valence-electron chi connectivity index (χ4n) is 12.3. The first-order valence-corrected chi connectivity index (χ1v) is 44.4. The van der Waals surface area contributed by atoms with Crippen molar-refractivity contribution in [1.29, 1.82) is 0 Å². The molecule has 0 amide bonds. The second kappa shape index (κ2) is 70.4. The number of aliphatic hydroxyl groups is 1. The second-order valence-electron chi connectivity index (χ2n) is 30.0. The Bertz CT molecular complexity index is 1920. The minimum atomic E-state index is -4.96. The highest BCUT2D eigenvalue weighted by molar-refractivity contribution is 7.47. The molecule has 17 nitrogen and oxygen atoms in total. The average molecular weight is 1450 g/mol. The van der Waals surface area contributed by atoms with E-state index < -0.39 is 97.5 Å². The van der Waals surface area contributed by atoms with E-state index in [0.29, 0.717) is 25.7 Å². The van der Waals surface area contributed by atoms with Gasteiger partial charge in [0.25, 0.3) is 0 Å². The van der Waals surface area contributed by atoms with Gasteiger partial charge in [-0.15, -0.1) is 0 Å². The van der Waals surface area contributed by atoms with Crippen molar-refractivity contribution in [2.24, 2.45) is 17.8 Å². The Balaban J connectivity index is 5.28. The van der Waals surface area contributed by atoms with Gasteiger partial charge in [-0.3, -0.25) is 37.3 Å². The largest absolute Gasteiger partial charge is 0.472 e. The normalized spacial score (nSPS) is 14.3. The van der Waals surface area contributed by atoms with E-state index in [1.54, 1.807) is 0 Å². The van der Waals surface area contributed by atoms with Gasteiger partial charge < -0.3 is 33.8 Å². The number of ether oxygens (including phenoxy) is 4. The van der Waals surface area contributed by atoms with Crippen LogP contribution in [0.5, 0.6) is 0 Å². The zero-order valence-corrected chi connectivity index (χ0v) is 66.8. The molecule has 0 bridgehead atoms. The summed E-state index contributed by atoms with van der Waals surface area (Å²) in [6, 6.07) is 0. The summed E-state index contributed by atoms with van der Waals surface area (Å²) in [6.45, 7) is 12.0. The highest BCUT2D eigenvalue weighted by atomic mass is 31.2. The van der Waals surface area contributed by atoms with E-state index in [9.17, 15) is 43.2 Å². The van der Waals surface area contributed by atoms with Crippen molar-refractivity contribution < 1.29 is 80.2 Å². The smallest absolute Gasteiger partial charge is 0.462 e. The van der Waals surface area contributed by atoms with Crippen LogP contribution in [0.2, 0.25) is 0 Å². The summed E-state index contributed by atoms with van der Waals surface area (Å²) in [5.74, 6) is 0.271. The summed E-state index contributed by atoms with van der Waals surface area (Å²) in [5, 5.41) is 10.6. The van der Waals surface area contributed by atoms with Crippen LogP contribution in [0.4, 0.5) is 0 Å². The maximum absolute atomic E-state index is 13.1. The summed E-state index contributed by atoms with van der Waals surface area (Å²) >= 11 is 0. The van der Waals surface area contributed by atoms with Crippen LogP contribution >= 0.6 is 15.6 Å². The monoisotopic (exact) mass is 1450 g/mol. The summed E-state index contributed by atoms with van der Waals surface area (Å²) < 4.78 is 68.7. The Labute approximate surface area is 607 Å². The van der Waals surface area contributed by atoms with E-state index >= 15 is 0 Å². The molecule has 0 fully saturated rings. The van der Waals surface area contributed by atoms with E-state index in [0.717, 1.165) is 108 Å². The lowest BCUT2D eigenvalue weighted by Gasteiger charge is -2.21. The Morgan fingerprint density at radius 2 is 0.515 bits per heavy atom. The van der Waals surface area contributed by atoms with Crippen molar-refractivity contribution in [3.05, 3.63) is 0 Å². The highest BCUT2D eigenvalue weighted by Crippen LogP contribution is 2.45. The Kier molecular flexibility index (Phi) is 69.0. The van der Waals surface area contributed by atoms with E-state index in [1.807, 2.05) is 0 Å². The van der Waals surface area contributed by atoms with E-state index in [2.05, 4.69) is 48.5 Å². The van der Waals surface area contributed by atoms with Gasteiger partial charge in [-0.1, -0.05) is 363 Å². The van der Waals surface area contributed by atoms with Gasteiger partial charge in [0.15, 0.2) is 12.2 Å². The topological polar surface area (TPSA) is 237 Å². The van der Waals surface area contributed by atoms with Crippen LogP contribution in [-0.2, 0) is 65.4 Å². The third-order valence-corrected chi connectivity index (χ3v) is 20.9. The Morgan fingerprint density at radius 3 is 0.768 bits per heavy atom. The molecule has 0 rings (SSSR count). The fraction of sp³-hybridized carbons (Fsp3) is 0.950. The Morgan fingerprint density at radius 1 is 0.293 bits per heavy atom. The molecule has 19 heteroatoms. The number of phosphoric ester groups is 2. The molecular formula is C80H156O17P2. The van der Waals surface area contributed by atoms with Crippen LogP contribution in [0, 0.1) is 17.8 Å². The van der Waals surface area contributed by atoms with Crippen LogP contribution in [0.15, 0.2) is 0 Å². The number of rotatable bonds is 78. The lowest BCUT2D eigenvalue weighted by molar-refractivity contribution is -0.161. The van der Waals surface area contributed by atoms with Gasteiger partial charge in [0, 0.05) is 25.7 Å². The van der Waals surface area contributed by atoms with Gasteiger partial charge >= 0.3 is 39.5 Å². The van der Waals surface area contributed by atoms with Crippen molar-refractivity contribution in [2.75, 3.05) is 39.6 Å². The third kappa shape index (κ3) is 72.8. The van der Waals surface area contributed by atoms with Gasteiger partial charge in [-0.05, 0) is 43.4 Å². The summed E-state index contributed by atoms with van der Waals surface area (Å²) in [5.41, 5.74) is 0. The highest BCUT2D eigenvalue weighted by Gasteiger charge is 2.30. The summed E-state index contributed by atoms with van der Waals surface area (Å²) in [7, 11) is -9.92. The molecule has 3 N–H and O–H groups in total. The minimum Gasteiger partial charge on any atom is -0.462 e. The van der Waals surface area contributed by atoms with E-state index in [-0.39, 0.29) is 25.7 Å². The zero-order chi connectivity index (χ0) is 73.0. The molecule has 0 heterocycles. The molecule has 0 spiro atoms. The van der Waals surface area contributed by atoms with Crippen LogP contribution in [-0.4, -0.2) is 96.7 Å². The SMILES string of the molecule is CCCCCCCCCCCCCCCC(=O)OC[C@H](COP(=O)(O)OC[C@H](O)COP(=O)(O)OC[C@@H](COC(=O)CCCCCCCCCCCCCCCC(C)C)OC(=O)CCCCCCCCCCCCCCCC(C)C)OC(=O)CCCCCCCCCCCCC(C)CC. The number of carbonyl (C=O) groups is 4. The van der Waals surface area contributed by atoms with Crippen LogP contribution in [0.1, 0.15) is 414 Å². The molecule has 0 aliphatic heterocycles. The second-order valence-corrected chi connectivity index (χ2v) is 32.9. The number of hydrogen-bond acceptors (Lipinski definition) is 15. The number of phosphoric acid groups is 2. The van der Waals surface area contributed by atoms with E-state index in [1.165, 1.54) is 225 Å². The first-order chi connectivity index (χ1) is 47.8. The van der Waals surface area contributed by atoms with Crippen molar-refractivity contribution in [1.82, 2.24) is 0 Å². The molecule has 0 aromatic rings. The van der Waals surface area contributed by atoms with Gasteiger partial charge in [-0.25, -0.2) is 9.13 Å². The molecule has 588 valence electrons. The summed E-state index contributed by atoms with van der Waals surface area (Å²) in [4.78, 5) is 73.0. The number of unbranched alkanes of at least 4 members (excludes halogenated alkanes) is 45. The minimum absolute atomic E-state index is 0.107. The van der Waals surface area contributed by atoms with Gasteiger partial charge in [0.1, 0.15) is 19.3 Å². The quantitative estimate of drug-likeness (QED) is 0.0222. The molecule has 0 aromatic carbocycles. The maximum atomic E-state index is 13.1. The van der Waals surface area contributed by atoms with Crippen LogP contribution in [0.3, 0.4) is 0 Å². The van der Waals surface area contributed by atoms with Crippen molar-refractivity contribution in [2.45, 2.75) is 433 Å². The third-order valence-electron chi connectivity index (χ3n) is 19.0. The molecule has 0 aliphatic rings. The van der Waals surface area contributed by atoms with Gasteiger partial charge in [0.05, 0.1) is 26.4 Å². The Hall–Kier alpha value is -1.94. The predicted octanol–water partition coefficient (Wildman–Crippen LogP) is 23.7. The maximum Gasteiger partial charge on any atom is 0.472 e. The van der Waals surface area contributed by atoms with E-state index in [4.69, 9.17) is 37.0 Å². The molecule has 6 atom stereocenters. The first kappa shape index (κ1) is 97.1. The number of hydrogen-bond donors (Lipinski definition) is 3. The molecule has 0 saturated carbocycles. The number of carbonyl (C=O) groups excluding carboxylic acids is 4. The van der Waals surface area contributed by atoms with Crippen molar-refractivity contribution in [3.8, 4) is 0 Å². The standard InChI is InChI=1S/C80H156O17P2/c1-8-10-11-12-13-14-15-18-25-33-40-47-54-61-77(82)90-68-76(97-80(85)64-57-50-43-36-29-28-32-39-46-53-60-73(7)9-2)70-95-99(88,89)93-66-74(81)65-92-98(86,87)94-69-75(96-79(84)63-56-49-42-35-27-22-17-20-24-31-38-45-52-59-72(5)6)67-91-78(83)62-55-48-41-34-26-21-16-19-23-30-37-44-51-58-71(3)4/h71-76,81H,8-70H2,1-7H3,(H,86,87)(H,88,89)/t73?,74-,75-,76-/m1/s1. The fourth-order valence-corrected chi connectivity index (χ4v) is 13.9. The number of esters is 4. The molecule has 0 saturated heterocycles. The molecule has 3 unspecified atom stereocenters. The molecular weight excluding hydrogens is 1290 g/mol. The number of aliphatic hydroxyl groups excluding tert-OH is 1. The molecule has 0 aromatic heterocycles. The lowest BCUT2D eigenvalue weighted by atomic mass is 9.99. The summed E-state index contributed by atoms with van der Waals surface area (Å²) in [6.07, 6.45) is 58.0. The van der Waals surface area contributed by atoms with Crippen molar-refractivity contribution >= 4 is 39.5 Å². The van der Waals surface area contributed by atoms with Gasteiger partial charge in [-0.2, -0.15) is 0 Å².